The summed E-state index contributed by atoms with van der Waals surface area (Å²) < 4.78 is 28.1. The number of allylic oxidation sites excluding steroid dienone is 4. The molecule has 96 valence electrons. The summed E-state index contributed by atoms with van der Waals surface area (Å²) in [6.45, 7) is 0. The Bertz CT molecular complexity index is 646. The Labute approximate surface area is 107 Å². The Morgan fingerprint density at radius 3 is 2.84 bits per heavy atom. The van der Waals surface area contributed by atoms with Gasteiger partial charge in [-0.25, -0.2) is 8.78 Å². The third kappa shape index (κ3) is 2.22. The van der Waals surface area contributed by atoms with E-state index in [9.17, 15) is 18.9 Å². The number of benzene rings is 1. The molecular weight excluding hydrogens is 254 g/mol. The molecule has 4 nitrogen and oxygen atoms in total. The van der Waals surface area contributed by atoms with E-state index < -0.39 is 22.0 Å². The molecule has 1 unspecified atom stereocenters. The van der Waals surface area contributed by atoms with Crippen LogP contribution in [0, 0.1) is 21.4 Å². The number of nitro groups is 1. The SMILES string of the molecule is N#CC1(F)CC=CC(F)=C1c1cccc([N+](=O)[O-])c1. The van der Waals surface area contributed by atoms with Crippen LogP contribution in [0.4, 0.5) is 14.5 Å². The van der Waals surface area contributed by atoms with E-state index in [1.807, 2.05) is 0 Å². The third-order valence-corrected chi connectivity index (χ3v) is 2.82. The zero-order valence-electron chi connectivity index (χ0n) is 9.64. The summed E-state index contributed by atoms with van der Waals surface area (Å²) in [6.07, 6.45) is 2.00. The number of hydrogen-bond donors (Lipinski definition) is 0. The van der Waals surface area contributed by atoms with Gasteiger partial charge in [0.2, 0.25) is 5.67 Å². The molecule has 0 spiro atoms. The Morgan fingerprint density at radius 2 is 2.21 bits per heavy atom. The molecule has 0 radical (unpaired) electrons. The van der Waals surface area contributed by atoms with E-state index in [4.69, 9.17) is 5.26 Å². The summed E-state index contributed by atoms with van der Waals surface area (Å²) in [5, 5.41) is 19.6. The van der Waals surface area contributed by atoms with Crippen molar-refractivity contribution < 1.29 is 13.7 Å². The first kappa shape index (κ1) is 12.9. The van der Waals surface area contributed by atoms with Crippen molar-refractivity contribution in [2.75, 3.05) is 0 Å². The molecule has 1 aliphatic carbocycles. The van der Waals surface area contributed by atoms with E-state index in [0.29, 0.717) is 0 Å². The van der Waals surface area contributed by atoms with Crippen LogP contribution in [0.15, 0.2) is 42.2 Å². The molecule has 1 aromatic rings. The normalized spacial score (nSPS) is 22.2. The van der Waals surface area contributed by atoms with Crippen LogP contribution < -0.4 is 0 Å². The lowest BCUT2D eigenvalue weighted by Gasteiger charge is -2.23. The van der Waals surface area contributed by atoms with Crippen LogP contribution in [-0.4, -0.2) is 10.6 Å². The van der Waals surface area contributed by atoms with E-state index in [1.54, 1.807) is 0 Å². The molecule has 0 N–H and O–H groups in total. The van der Waals surface area contributed by atoms with E-state index in [-0.39, 0.29) is 17.7 Å². The Morgan fingerprint density at radius 1 is 1.47 bits per heavy atom. The van der Waals surface area contributed by atoms with Crippen LogP contribution >= 0.6 is 0 Å². The molecule has 0 saturated heterocycles. The van der Waals surface area contributed by atoms with Crippen LogP contribution in [0.25, 0.3) is 5.57 Å². The van der Waals surface area contributed by atoms with Crippen LogP contribution in [0.5, 0.6) is 0 Å². The van der Waals surface area contributed by atoms with Crippen molar-refractivity contribution in [3.05, 3.63) is 57.9 Å². The zero-order valence-corrected chi connectivity index (χ0v) is 9.64. The highest BCUT2D eigenvalue weighted by atomic mass is 19.1. The summed E-state index contributed by atoms with van der Waals surface area (Å²) >= 11 is 0. The van der Waals surface area contributed by atoms with Gasteiger partial charge in [-0.05, 0) is 11.6 Å². The Kier molecular flexibility index (Phi) is 3.13. The predicted molar refractivity (Wildman–Crippen MR) is 64.3 cm³/mol. The molecule has 0 saturated carbocycles. The van der Waals surface area contributed by atoms with Crippen molar-refractivity contribution >= 4 is 11.3 Å². The highest BCUT2D eigenvalue weighted by Gasteiger charge is 2.39. The van der Waals surface area contributed by atoms with Gasteiger partial charge in [0.15, 0.2) is 0 Å². The minimum absolute atomic E-state index is 0.0000926. The van der Waals surface area contributed by atoms with Gasteiger partial charge >= 0.3 is 0 Å². The predicted octanol–water partition coefficient (Wildman–Crippen LogP) is 3.47. The fourth-order valence-electron chi connectivity index (χ4n) is 1.94. The van der Waals surface area contributed by atoms with Gasteiger partial charge < -0.3 is 0 Å². The summed E-state index contributed by atoms with van der Waals surface area (Å²) in [6, 6.07) is 6.36. The molecule has 0 amide bonds. The van der Waals surface area contributed by atoms with Gasteiger partial charge in [-0.3, -0.25) is 10.1 Å². The van der Waals surface area contributed by atoms with Crippen molar-refractivity contribution in [1.82, 2.24) is 0 Å². The molecular formula is C13H8F2N2O2. The highest BCUT2D eigenvalue weighted by molar-refractivity contribution is 5.80. The lowest BCUT2D eigenvalue weighted by Crippen LogP contribution is -2.24. The summed E-state index contributed by atoms with van der Waals surface area (Å²) in [5.74, 6) is -0.893. The molecule has 1 atom stereocenters. The minimum Gasteiger partial charge on any atom is -0.258 e. The van der Waals surface area contributed by atoms with Crippen molar-refractivity contribution in [3.8, 4) is 6.07 Å². The maximum absolute atomic E-state index is 14.4. The number of nitro benzene ring substituents is 1. The zero-order chi connectivity index (χ0) is 14.0. The van der Waals surface area contributed by atoms with E-state index >= 15 is 0 Å². The first-order valence-corrected chi connectivity index (χ1v) is 5.40. The van der Waals surface area contributed by atoms with Crippen molar-refractivity contribution in [3.63, 3.8) is 0 Å². The first-order chi connectivity index (χ1) is 8.98. The Hall–Kier alpha value is -2.55. The van der Waals surface area contributed by atoms with Crippen LogP contribution in [0.2, 0.25) is 0 Å². The van der Waals surface area contributed by atoms with Crippen LogP contribution in [0.3, 0.4) is 0 Å². The second-order valence-electron chi connectivity index (χ2n) is 4.05. The fourth-order valence-corrected chi connectivity index (χ4v) is 1.94. The minimum atomic E-state index is -2.51. The van der Waals surface area contributed by atoms with Gasteiger partial charge in [0.05, 0.1) is 4.92 Å². The van der Waals surface area contributed by atoms with Gasteiger partial charge in [-0.15, -0.1) is 0 Å². The molecule has 0 fully saturated rings. The molecule has 0 aromatic heterocycles. The van der Waals surface area contributed by atoms with Gasteiger partial charge in [0.25, 0.3) is 5.69 Å². The standard InChI is InChI=1S/C13H8F2N2O2/c14-11-5-2-6-13(15,8-16)12(11)9-3-1-4-10(7-9)17(18)19/h1-5,7H,6H2. The number of non-ortho nitro benzene ring substituents is 1. The molecule has 0 bridgehead atoms. The number of nitriles is 1. The second-order valence-corrected chi connectivity index (χ2v) is 4.05. The molecule has 0 aliphatic heterocycles. The van der Waals surface area contributed by atoms with E-state index in [1.165, 1.54) is 30.3 Å². The number of rotatable bonds is 2. The van der Waals surface area contributed by atoms with Crippen LogP contribution in [0.1, 0.15) is 12.0 Å². The monoisotopic (exact) mass is 262 g/mol. The summed E-state index contributed by atoms with van der Waals surface area (Å²) in [5.41, 5.74) is -3.25. The maximum Gasteiger partial charge on any atom is 0.270 e. The van der Waals surface area contributed by atoms with E-state index in [0.717, 1.165) is 12.1 Å². The summed E-state index contributed by atoms with van der Waals surface area (Å²) in [7, 11) is 0. The first-order valence-electron chi connectivity index (χ1n) is 5.40. The van der Waals surface area contributed by atoms with Crippen LogP contribution in [-0.2, 0) is 0 Å². The number of hydrogen-bond acceptors (Lipinski definition) is 3. The van der Waals surface area contributed by atoms with E-state index in [2.05, 4.69) is 0 Å². The Balaban J connectivity index is 2.62. The van der Waals surface area contributed by atoms with Crippen molar-refractivity contribution in [2.24, 2.45) is 0 Å². The largest absolute Gasteiger partial charge is 0.270 e. The number of nitrogens with zero attached hydrogens (tertiary/aromatic N) is 2. The van der Waals surface area contributed by atoms with Gasteiger partial charge in [0, 0.05) is 24.1 Å². The van der Waals surface area contributed by atoms with Gasteiger partial charge in [0.1, 0.15) is 11.9 Å². The molecule has 19 heavy (non-hydrogen) atoms. The van der Waals surface area contributed by atoms with Gasteiger partial charge in [-0.2, -0.15) is 5.26 Å². The molecule has 1 aromatic carbocycles. The molecule has 6 heteroatoms. The maximum atomic E-state index is 14.4. The molecule has 2 rings (SSSR count). The topological polar surface area (TPSA) is 66.9 Å². The molecule has 1 aliphatic rings. The quantitative estimate of drug-likeness (QED) is 0.605. The average Bonchev–Trinajstić information content (AvgIpc) is 2.39. The average molecular weight is 262 g/mol. The second kappa shape index (κ2) is 4.61. The van der Waals surface area contributed by atoms with Gasteiger partial charge in [-0.1, -0.05) is 18.2 Å². The number of halogens is 2. The van der Waals surface area contributed by atoms with Crippen molar-refractivity contribution in [1.29, 1.82) is 5.26 Å². The lowest BCUT2D eigenvalue weighted by molar-refractivity contribution is -0.384. The molecule has 0 heterocycles. The third-order valence-electron chi connectivity index (χ3n) is 2.82. The fraction of sp³-hybridized carbons (Fsp3) is 0.154. The summed E-state index contributed by atoms with van der Waals surface area (Å²) in [4.78, 5) is 10.0. The lowest BCUT2D eigenvalue weighted by atomic mass is 9.84. The number of alkyl halides is 1. The smallest absolute Gasteiger partial charge is 0.258 e. The van der Waals surface area contributed by atoms with Crippen molar-refractivity contribution in [2.45, 2.75) is 12.1 Å². The highest BCUT2D eigenvalue weighted by Crippen LogP contribution is 2.40.